The minimum Gasteiger partial charge on any atom is -0.492 e. The van der Waals surface area contributed by atoms with Crippen molar-refractivity contribution in [2.24, 2.45) is 0 Å². The molecule has 1 rings (SSSR count). The van der Waals surface area contributed by atoms with Gasteiger partial charge in [0.05, 0.1) is 6.61 Å². The van der Waals surface area contributed by atoms with Crippen LogP contribution in [-0.4, -0.2) is 32.9 Å². The van der Waals surface area contributed by atoms with Crippen molar-refractivity contribution in [2.75, 3.05) is 26.9 Å². The van der Waals surface area contributed by atoms with Crippen molar-refractivity contribution in [1.29, 1.82) is 0 Å². The molecule has 0 bridgehead atoms. The summed E-state index contributed by atoms with van der Waals surface area (Å²) in [6.07, 6.45) is 0. The highest BCUT2D eigenvalue weighted by Crippen LogP contribution is 2.25. The van der Waals surface area contributed by atoms with E-state index in [1.54, 1.807) is 7.11 Å². The molecule has 0 aromatic heterocycles. The van der Waals surface area contributed by atoms with Crippen molar-refractivity contribution in [1.82, 2.24) is 5.32 Å². The molecule has 1 atom stereocenters. The Labute approximate surface area is 110 Å². The van der Waals surface area contributed by atoms with Crippen LogP contribution in [0.4, 0.5) is 0 Å². The molecule has 1 aromatic carbocycles. The number of benzene rings is 1. The average molecular weight is 251 g/mol. The zero-order valence-electron chi connectivity index (χ0n) is 11.9. The molecular weight excluding hydrogens is 226 g/mol. The molecule has 1 aromatic rings. The van der Waals surface area contributed by atoms with Gasteiger partial charge >= 0.3 is 0 Å². The fraction of sp³-hybridized carbons (Fsp3) is 0.600. The number of hydrogen-bond donors (Lipinski definition) is 1. The largest absolute Gasteiger partial charge is 0.492 e. The van der Waals surface area contributed by atoms with Crippen LogP contribution in [0.5, 0.6) is 5.75 Å². The first-order valence-electron chi connectivity index (χ1n) is 6.59. The van der Waals surface area contributed by atoms with E-state index in [4.69, 9.17) is 9.47 Å². The van der Waals surface area contributed by atoms with E-state index < -0.39 is 0 Å². The molecule has 0 heterocycles. The first-order chi connectivity index (χ1) is 8.65. The summed E-state index contributed by atoms with van der Waals surface area (Å²) in [5, 5.41) is 3.35. The summed E-state index contributed by atoms with van der Waals surface area (Å²) in [6.45, 7) is 8.70. The smallest absolute Gasteiger partial charge is 0.122 e. The van der Waals surface area contributed by atoms with Gasteiger partial charge in [0.1, 0.15) is 12.4 Å². The molecule has 3 heteroatoms. The van der Waals surface area contributed by atoms with Crippen molar-refractivity contribution in [3.05, 3.63) is 29.8 Å². The van der Waals surface area contributed by atoms with Gasteiger partial charge in [0.25, 0.3) is 0 Å². The molecule has 0 aliphatic heterocycles. The van der Waals surface area contributed by atoms with Gasteiger partial charge in [-0.1, -0.05) is 32.0 Å². The van der Waals surface area contributed by atoms with Gasteiger partial charge in [0, 0.05) is 19.7 Å². The van der Waals surface area contributed by atoms with Crippen molar-refractivity contribution < 1.29 is 9.47 Å². The fourth-order valence-corrected chi connectivity index (χ4v) is 1.86. The minimum atomic E-state index is 0.360. The molecule has 0 amide bonds. The third-order valence-corrected chi connectivity index (χ3v) is 2.81. The second-order valence-electron chi connectivity index (χ2n) is 4.85. The van der Waals surface area contributed by atoms with E-state index >= 15 is 0 Å². The first-order valence-corrected chi connectivity index (χ1v) is 6.59. The van der Waals surface area contributed by atoms with Gasteiger partial charge in [-0.05, 0) is 24.5 Å². The molecule has 1 unspecified atom stereocenters. The van der Waals surface area contributed by atoms with E-state index in [0.717, 1.165) is 18.9 Å². The number of rotatable bonds is 8. The SMILES string of the molecule is COCC(C)NCCOc1ccccc1C(C)C. The molecule has 0 fully saturated rings. The van der Waals surface area contributed by atoms with E-state index in [-0.39, 0.29) is 0 Å². The summed E-state index contributed by atoms with van der Waals surface area (Å²) in [5.41, 5.74) is 1.27. The van der Waals surface area contributed by atoms with Crippen LogP contribution in [-0.2, 0) is 4.74 Å². The maximum absolute atomic E-state index is 5.82. The summed E-state index contributed by atoms with van der Waals surface area (Å²) in [6, 6.07) is 8.59. The summed E-state index contributed by atoms with van der Waals surface area (Å²) >= 11 is 0. The summed E-state index contributed by atoms with van der Waals surface area (Å²) in [5.74, 6) is 1.48. The second-order valence-corrected chi connectivity index (χ2v) is 4.85. The van der Waals surface area contributed by atoms with Crippen LogP contribution in [0.2, 0.25) is 0 Å². The lowest BCUT2D eigenvalue weighted by atomic mass is 10.0. The van der Waals surface area contributed by atoms with Crippen LogP contribution in [0.15, 0.2) is 24.3 Å². The third-order valence-electron chi connectivity index (χ3n) is 2.81. The topological polar surface area (TPSA) is 30.5 Å². The van der Waals surface area contributed by atoms with Crippen LogP contribution in [0.25, 0.3) is 0 Å². The lowest BCUT2D eigenvalue weighted by molar-refractivity contribution is 0.169. The lowest BCUT2D eigenvalue weighted by Crippen LogP contribution is -2.33. The Bertz CT molecular complexity index is 339. The van der Waals surface area contributed by atoms with Crippen molar-refractivity contribution >= 4 is 0 Å². The highest BCUT2D eigenvalue weighted by atomic mass is 16.5. The molecule has 1 N–H and O–H groups in total. The second kappa shape index (κ2) is 8.11. The highest BCUT2D eigenvalue weighted by Gasteiger charge is 2.06. The van der Waals surface area contributed by atoms with Crippen molar-refractivity contribution in [3.8, 4) is 5.75 Å². The molecule has 0 aliphatic rings. The zero-order chi connectivity index (χ0) is 13.4. The van der Waals surface area contributed by atoms with E-state index in [1.807, 2.05) is 12.1 Å². The van der Waals surface area contributed by atoms with Crippen LogP contribution in [0.1, 0.15) is 32.3 Å². The number of methoxy groups -OCH3 is 1. The predicted molar refractivity (Wildman–Crippen MR) is 75.4 cm³/mol. The number of nitrogens with one attached hydrogen (secondary N) is 1. The summed E-state index contributed by atoms with van der Waals surface area (Å²) in [7, 11) is 1.72. The summed E-state index contributed by atoms with van der Waals surface area (Å²) < 4.78 is 10.9. The number of hydrogen-bond acceptors (Lipinski definition) is 3. The van der Waals surface area contributed by atoms with Gasteiger partial charge < -0.3 is 14.8 Å². The summed E-state index contributed by atoms with van der Waals surface area (Å²) in [4.78, 5) is 0. The molecule has 3 nitrogen and oxygen atoms in total. The maximum Gasteiger partial charge on any atom is 0.122 e. The first kappa shape index (κ1) is 15.0. The Balaban J connectivity index is 2.35. The quantitative estimate of drug-likeness (QED) is 0.721. The Morgan fingerprint density at radius 3 is 2.56 bits per heavy atom. The van der Waals surface area contributed by atoms with E-state index in [9.17, 15) is 0 Å². The van der Waals surface area contributed by atoms with Crippen LogP contribution >= 0.6 is 0 Å². The van der Waals surface area contributed by atoms with Gasteiger partial charge in [-0.15, -0.1) is 0 Å². The minimum absolute atomic E-state index is 0.360. The molecule has 0 radical (unpaired) electrons. The van der Waals surface area contributed by atoms with E-state index in [2.05, 4.69) is 38.2 Å². The molecule has 102 valence electrons. The standard InChI is InChI=1S/C15H25NO2/c1-12(2)14-7-5-6-8-15(14)18-10-9-16-13(3)11-17-4/h5-8,12-13,16H,9-11H2,1-4H3. The Hall–Kier alpha value is -1.06. The number of ether oxygens (including phenoxy) is 2. The lowest BCUT2D eigenvalue weighted by Gasteiger charge is -2.16. The maximum atomic E-state index is 5.82. The fourth-order valence-electron chi connectivity index (χ4n) is 1.86. The Kier molecular flexibility index (Phi) is 6.76. The van der Waals surface area contributed by atoms with Crippen LogP contribution in [0.3, 0.4) is 0 Å². The molecule has 0 aliphatic carbocycles. The molecule has 0 saturated carbocycles. The Morgan fingerprint density at radius 2 is 1.89 bits per heavy atom. The van der Waals surface area contributed by atoms with Crippen LogP contribution < -0.4 is 10.1 Å². The molecular formula is C15H25NO2. The Morgan fingerprint density at radius 1 is 1.17 bits per heavy atom. The van der Waals surface area contributed by atoms with Gasteiger partial charge in [-0.25, -0.2) is 0 Å². The van der Waals surface area contributed by atoms with Gasteiger partial charge in [-0.2, -0.15) is 0 Å². The molecule has 0 saturated heterocycles. The highest BCUT2D eigenvalue weighted by molar-refractivity contribution is 5.35. The molecule has 0 spiro atoms. The predicted octanol–water partition coefficient (Wildman–Crippen LogP) is 2.81. The van der Waals surface area contributed by atoms with Crippen molar-refractivity contribution in [3.63, 3.8) is 0 Å². The molecule has 18 heavy (non-hydrogen) atoms. The van der Waals surface area contributed by atoms with E-state index in [0.29, 0.717) is 18.6 Å². The van der Waals surface area contributed by atoms with Gasteiger partial charge in [0.2, 0.25) is 0 Å². The third kappa shape index (κ3) is 5.07. The normalized spacial score (nSPS) is 12.7. The monoisotopic (exact) mass is 251 g/mol. The van der Waals surface area contributed by atoms with E-state index in [1.165, 1.54) is 5.56 Å². The average Bonchev–Trinajstić information content (AvgIpc) is 2.35. The van der Waals surface area contributed by atoms with Crippen molar-refractivity contribution in [2.45, 2.75) is 32.7 Å². The number of para-hydroxylation sites is 1. The van der Waals surface area contributed by atoms with Gasteiger partial charge in [0.15, 0.2) is 0 Å². The van der Waals surface area contributed by atoms with Crippen LogP contribution in [0, 0.1) is 0 Å². The zero-order valence-corrected chi connectivity index (χ0v) is 11.9. The van der Waals surface area contributed by atoms with Gasteiger partial charge in [-0.3, -0.25) is 0 Å².